The fraction of sp³-hybridized carbons (Fsp3) is 0.368. The van der Waals surface area contributed by atoms with Gasteiger partial charge in [0.05, 0.1) is 33.8 Å². The molecule has 1 aliphatic rings. The van der Waals surface area contributed by atoms with Gasteiger partial charge in [-0.05, 0) is 25.5 Å². The number of fused-ring (bicyclic) bond motifs is 1. The number of hydrogen-bond donors (Lipinski definition) is 1. The topological polar surface area (TPSA) is 60.0 Å². The quantitative estimate of drug-likeness (QED) is 0.653. The molecule has 3 heterocycles. The van der Waals surface area contributed by atoms with Crippen molar-refractivity contribution in [3.05, 3.63) is 52.8 Å². The van der Waals surface area contributed by atoms with Crippen LogP contribution in [0.25, 0.3) is 11.0 Å². The maximum atomic E-state index is 14.0. The second-order valence-corrected chi connectivity index (χ2v) is 7.47. The minimum absolute atomic E-state index is 0. The van der Waals surface area contributed by atoms with Gasteiger partial charge in [0.1, 0.15) is 6.17 Å². The Morgan fingerprint density at radius 2 is 1.97 bits per heavy atom. The predicted molar refractivity (Wildman–Crippen MR) is 110 cm³/mol. The summed E-state index contributed by atoms with van der Waals surface area (Å²) < 4.78 is 43.4. The molecule has 0 unspecified atom stereocenters. The first-order valence-electron chi connectivity index (χ1n) is 8.98. The van der Waals surface area contributed by atoms with Gasteiger partial charge in [-0.1, -0.05) is 11.6 Å². The number of imidazole rings is 1. The number of benzene rings is 1. The van der Waals surface area contributed by atoms with Crippen molar-refractivity contribution in [1.82, 2.24) is 14.5 Å². The van der Waals surface area contributed by atoms with Gasteiger partial charge in [0, 0.05) is 31.4 Å². The summed E-state index contributed by atoms with van der Waals surface area (Å²) in [6.45, 7) is 2.55. The molecule has 2 N–H and O–H groups in total. The van der Waals surface area contributed by atoms with Crippen LogP contribution < -0.4 is 10.6 Å². The van der Waals surface area contributed by atoms with Crippen molar-refractivity contribution in [3.63, 3.8) is 0 Å². The van der Waals surface area contributed by atoms with Crippen LogP contribution in [0.1, 0.15) is 25.1 Å². The highest BCUT2D eigenvalue weighted by atomic mass is 35.5. The van der Waals surface area contributed by atoms with Crippen LogP contribution in [0.3, 0.4) is 0 Å². The van der Waals surface area contributed by atoms with E-state index >= 15 is 0 Å². The summed E-state index contributed by atoms with van der Waals surface area (Å²) in [5, 5.41) is 0.496. The lowest BCUT2D eigenvalue weighted by molar-refractivity contribution is 0.243. The molecule has 0 radical (unpaired) electrons. The Morgan fingerprint density at radius 3 is 2.62 bits per heavy atom. The van der Waals surface area contributed by atoms with E-state index in [1.54, 1.807) is 16.7 Å². The molecule has 4 rings (SSSR count). The molecule has 156 valence electrons. The number of pyridine rings is 1. The number of alkyl halides is 1. The van der Waals surface area contributed by atoms with E-state index in [9.17, 15) is 13.2 Å². The number of rotatable bonds is 3. The second kappa shape index (κ2) is 8.38. The van der Waals surface area contributed by atoms with Crippen LogP contribution >= 0.6 is 24.0 Å². The molecule has 3 aromatic rings. The largest absolute Gasteiger partial charge is 0.340 e. The van der Waals surface area contributed by atoms with Gasteiger partial charge in [-0.15, -0.1) is 12.4 Å². The van der Waals surface area contributed by atoms with E-state index in [0.717, 1.165) is 12.1 Å². The molecular formula is C19H20Cl2F3N5. The van der Waals surface area contributed by atoms with Gasteiger partial charge >= 0.3 is 0 Å². The van der Waals surface area contributed by atoms with Crippen molar-refractivity contribution in [2.45, 2.75) is 31.6 Å². The summed E-state index contributed by atoms with van der Waals surface area (Å²) >= 11 is 5.93. The third-order valence-corrected chi connectivity index (χ3v) is 5.36. The van der Waals surface area contributed by atoms with E-state index in [0.29, 0.717) is 34.2 Å². The highest BCUT2D eigenvalue weighted by Crippen LogP contribution is 2.32. The first kappa shape index (κ1) is 21.7. The highest BCUT2D eigenvalue weighted by Gasteiger charge is 2.31. The number of nitrogens with two attached hydrogens (primary N) is 1. The van der Waals surface area contributed by atoms with Crippen LogP contribution in [0.15, 0.2) is 30.5 Å². The highest BCUT2D eigenvalue weighted by molar-refractivity contribution is 6.30. The first-order valence-corrected chi connectivity index (χ1v) is 9.36. The Kier molecular flexibility index (Phi) is 6.26. The minimum Gasteiger partial charge on any atom is -0.340 e. The molecule has 0 saturated carbocycles. The van der Waals surface area contributed by atoms with E-state index < -0.39 is 23.8 Å². The SMILES string of the molecule is C[C@@H](c1ccc(Cl)cn1)n1c(N2CC[C@@H](F)[C@H](N)C2)nc2cc(F)c(F)cc21.Cl. The first-order chi connectivity index (χ1) is 13.3. The predicted octanol–water partition coefficient (Wildman–Crippen LogP) is 4.27. The third kappa shape index (κ3) is 4.01. The van der Waals surface area contributed by atoms with Gasteiger partial charge in [0.2, 0.25) is 5.95 Å². The number of anilines is 1. The molecule has 0 bridgehead atoms. The molecule has 5 nitrogen and oxygen atoms in total. The van der Waals surface area contributed by atoms with Gasteiger partial charge < -0.3 is 15.2 Å². The molecule has 1 saturated heterocycles. The summed E-state index contributed by atoms with van der Waals surface area (Å²) in [7, 11) is 0. The summed E-state index contributed by atoms with van der Waals surface area (Å²) in [6, 6.07) is 4.66. The van der Waals surface area contributed by atoms with Crippen LogP contribution in [-0.4, -0.2) is 39.8 Å². The van der Waals surface area contributed by atoms with Crippen molar-refractivity contribution in [2.75, 3.05) is 18.0 Å². The van der Waals surface area contributed by atoms with Gasteiger partial charge in [-0.25, -0.2) is 18.2 Å². The number of piperidine rings is 1. The fourth-order valence-electron chi connectivity index (χ4n) is 3.58. The smallest absolute Gasteiger partial charge is 0.207 e. The average molecular weight is 446 g/mol. The lowest BCUT2D eigenvalue weighted by Crippen LogP contribution is -2.50. The monoisotopic (exact) mass is 445 g/mol. The third-order valence-electron chi connectivity index (χ3n) is 5.13. The molecule has 10 heteroatoms. The van der Waals surface area contributed by atoms with Crippen LogP contribution in [-0.2, 0) is 0 Å². The van der Waals surface area contributed by atoms with Crippen molar-refractivity contribution in [3.8, 4) is 0 Å². The molecule has 1 aliphatic heterocycles. The number of halogens is 5. The summed E-state index contributed by atoms with van der Waals surface area (Å²) in [5.74, 6) is -1.46. The standard InChI is InChI=1S/C19H19ClF3N5.ClH/c1-10(16-3-2-11(20)8-25-16)28-18-7-14(23)13(22)6-17(18)26-19(28)27-5-4-12(21)15(24)9-27;/h2-3,6-8,10,12,15H,4-5,9,24H2,1H3;1H/t10-,12+,15+;/m0./s1. The summed E-state index contributed by atoms with van der Waals surface area (Å²) in [6.07, 6.45) is 0.705. The molecule has 1 fully saturated rings. The van der Waals surface area contributed by atoms with Gasteiger partial charge in [0.15, 0.2) is 11.6 Å². The number of aromatic nitrogens is 3. The Labute approximate surface area is 177 Å². The zero-order valence-electron chi connectivity index (χ0n) is 15.5. The molecule has 29 heavy (non-hydrogen) atoms. The Bertz CT molecular complexity index is 1010. The van der Waals surface area contributed by atoms with Gasteiger partial charge in [-0.3, -0.25) is 4.98 Å². The molecule has 3 atom stereocenters. The normalized spacial score (nSPS) is 20.6. The Hall–Kier alpha value is -2.03. The second-order valence-electron chi connectivity index (χ2n) is 7.03. The zero-order chi connectivity index (χ0) is 20.0. The lowest BCUT2D eigenvalue weighted by atomic mass is 10.1. The van der Waals surface area contributed by atoms with Gasteiger partial charge in [0.25, 0.3) is 0 Å². The van der Waals surface area contributed by atoms with Crippen molar-refractivity contribution >= 4 is 41.0 Å². The van der Waals surface area contributed by atoms with Crippen molar-refractivity contribution < 1.29 is 13.2 Å². The molecule has 0 aliphatic carbocycles. The average Bonchev–Trinajstić information content (AvgIpc) is 3.02. The van der Waals surface area contributed by atoms with Crippen LogP contribution in [0.5, 0.6) is 0 Å². The van der Waals surface area contributed by atoms with E-state index in [-0.39, 0.29) is 31.4 Å². The minimum atomic E-state index is -1.08. The van der Waals surface area contributed by atoms with E-state index in [2.05, 4.69) is 9.97 Å². The summed E-state index contributed by atoms with van der Waals surface area (Å²) in [5.41, 5.74) is 7.32. The van der Waals surface area contributed by atoms with Gasteiger partial charge in [-0.2, -0.15) is 0 Å². The van der Waals surface area contributed by atoms with Crippen LogP contribution in [0.2, 0.25) is 5.02 Å². The zero-order valence-corrected chi connectivity index (χ0v) is 17.1. The lowest BCUT2D eigenvalue weighted by Gasteiger charge is -2.34. The maximum absolute atomic E-state index is 14.0. The molecule has 1 aromatic carbocycles. The van der Waals surface area contributed by atoms with E-state index in [1.807, 2.05) is 11.8 Å². The van der Waals surface area contributed by atoms with Crippen LogP contribution in [0, 0.1) is 11.6 Å². The molecular weight excluding hydrogens is 426 g/mol. The molecule has 2 aromatic heterocycles. The van der Waals surface area contributed by atoms with Crippen molar-refractivity contribution in [2.24, 2.45) is 5.73 Å². The number of nitrogens with zero attached hydrogens (tertiary/aromatic N) is 4. The van der Waals surface area contributed by atoms with E-state index in [1.165, 1.54) is 6.20 Å². The van der Waals surface area contributed by atoms with Crippen LogP contribution in [0.4, 0.5) is 19.1 Å². The Morgan fingerprint density at radius 1 is 1.24 bits per heavy atom. The van der Waals surface area contributed by atoms with E-state index in [4.69, 9.17) is 17.3 Å². The summed E-state index contributed by atoms with van der Waals surface area (Å²) in [4.78, 5) is 10.7. The maximum Gasteiger partial charge on any atom is 0.207 e. The molecule has 0 amide bonds. The van der Waals surface area contributed by atoms with Crippen molar-refractivity contribution in [1.29, 1.82) is 0 Å². The Balaban J connectivity index is 0.00000240. The number of hydrogen-bond acceptors (Lipinski definition) is 4. The fourth-order valence-corrected chi connectivity index (χ4v) is 3.70. The molecule has 0 spiro atoms.